The third-order valence-electron chi connectivity index (χ3n) is 9.56. The van der Waals surface area contributed by atoms with E-state index in [0.29, 0.717) is 45.2 Å². The molecule has 1 unspecified atom stereocenters. The van der Waals surface area contributed by atoms with E-state index in [-0.39, 0.29) is 39.6 Å². The van der Waals surface area contributed by atoms with Gasteiger partial charge in [-0.25, -0.2) is 14.0 Å². The van der Waals surface area contributed by atoms with Gasteiger partial charge in [-0.3, -0.25) is 4.90 Å². The number of rotatable bonds is 12. The first-order valence-corrected chi connectivity index (χ1v) is 16.9. The van der Waals surface area contributed by atoms with Gasteiger partial charge in [-0.1, -0.05) is 47.5 Å². The van der Waals surface area contributed by atoms with E-state index in [4.69, 9.17) is 37.4 Å². The molecule has 0 saturated carbocycles. The molecule has 3 aliphatic rings. The maximum atomic E-state index is 15.3. The highest BCUT2D eigenvalue weighted by molar-refractivity contribution is 6.35. The first kappa shape index (κ1) is 35.3. The molecule has 3 saturated heterocycles. The summed E-state index contributed by atoms with van der Waals surface area (Å²) in [5.41, 5.74) is 1.78. The number of carbonyl (C=O) groups is 2. The lowest BCUT2D eigenvalue weighted by atomic mass is 9.83. The van der Waals surface area contributed by atoms with Crippen molar-refractivity contribution in [1.82, 2.24) is 4.90 Å². The summed E-state index contributed by atoms with van der Waals surface area (Å²) >= 11 is 13.0. The number of carboxylic acids is 1. The topological polar surface area (TPSA) is 124 Å². The molecule has 262 valence electrons. The summed E-state index contributed by atoms with van der Waals surface area (Å²) in [5.74, 6) is -2.05. The number of piperidine rings is 3. The molecule has 4 heterocycles. The monoisotopic (exact) mass is 723 g/mol. The number of fused-ring (bicyclic) bond motifs is 3. The van der Waals surface area contributed by atoms with Crippen molar-refractivity contribution in [2.75, 3.05) is 39.2 Å². The summed E-state index contributed by atoms with van der Waals surface area (Å²) in [4.78, 5) is 28.9. The SMILES string of the molecule is COc1ccc([C@H](Cc2c(Cl)c[n+]([O-])cc2Cl)c2cc(NC(C(=O)O[C@H]3CN4CCC3CC4)c3ccccc3F)ccc2C(=O)O)cc1OC. The summed E-state index contributed by atoms with van der Waals surface area (Å²) in [5, 5.41) is 25.8. The molecule has 3 aliphatic heterocycles. The molecule has 3 atom stereocenters. The van der Waals surface area contributed by atoms with Crippen LogP contribution in [-0.4, -0.2) is 61.9 Å². The fourth-order valence-electron chi connectivity index (χ4n) is 6.94. The first-order valence-electron chi connectivity index (χ1n) is 16.2. The van der Waals surface area contributed by atoms with Crippen molar-refractivity contribution in [3.63, 3.8) is 0 Å². The standard InChI is InChI=1S/C37H36Cl2FN3O7/c1-48-32-10-7-22(15-33(32)49-2)26(17-28-29(38)18-43(47)19-30(28)39)27-16-23(8-9-24(27)36(44)45)41-35(25-5-3-4-6-31(25)40)37(46)50-34-20-42-13-11-21(34)12-14-42/h3-10,15-16,18-19,21,26,34-35,41H,11-14,17,20H2,1-2H3,(H,44,45)/t26-,34-,35?/m0/s1. The van der Waals surface area contributed by atoms with Gasteiger partial charge in [0, 0.05) is 29.3 Å². The Kier molecular flexibility index (Phi) is 10.7. The Balaban J connectivity index is 1.43. The number of aromatic carboxylic acids is 1. The van der Waals surface area contributed by atoms with Crippen molar-refractivity contribution >= 4 is 40.8 Å². The van der Waals surface area contributed by atoms with E-state index in [1.54, 1.807) is 30.3 Å². The van der Waals surface area contributed by atoms with Crippen LogP contribution in [-0.2, 0) is 16.0 Å². The lowest BCUT2D eigenvalue weighted by molar-refractivity contribution is -0.605. The molecule has 3 fully saturated rings. The van der Waals surface area contributed by atoms with Gasteiger partial charge in [0.1, 0.15) is 22.0 Å². The van der Waals surface area contributed by atoms with Crippen LogP contribution in [0.1, 0.15) is 57.4 Å². The van der Waals surface area contributed by atoms with Crippen molar-refractivity contribution < 1.29 is 38.0 Å². The van der Waals surface area contributed by atoms with Gasteiger partial charge in [-0.2, -0.15) is 4.73 Å². The van der Waals surface area contributed by atoms with E-state index >= 15 is 4.39 Å². The quantitative estimate of drug-likeness (QED) is 0.0940. The van der Waals surface area contributed by atoms with Crippen molar-refractivity contribution in [3.8, 4) is 11.5 Å². The van der Waals surface area contributed by atoms with Gasteiger partial charge < -0.3 is 29.8 Å². The molecule has 0 amide bonds. The van der Waals surface area contributed by atoms with Gasteiger partial charge in [0.2, 0.25) is 0 Å². The number of carboxylic acid groups (broad SMARTS) is 1. The van der Waals surface area contributed by atoms with Crippen molar-refractivity contribution in [1.29, 1.82) is 0 Å². The molecule has 0 radical (unpaired) electrons. The number of anilines is 1. The fraction of sp³-hybridized carbons (Fsp3) is 0.324. The summed E-state index contributed by atoms with van der Waals surface area (Å²) in [6.45, 7) is 2.55. The van der Waals surface area contributed by atoms with Gasteiger partial charge in [0.15, 0.2) is 29.9 Å². The maximum absolute atomic E-state index is 15.3. The van der Waals surface area contributed by atoms with E-state index in [1.807, 2.05) is 0 Å². The van der Waals surface area contributed by atoms with Crippen LogP contribution in [0.15, 0.2) is 73.1 Å². The van der Waals surface area contributed by atoms with Crippen LogP contribution in [0.2, 0.25) is 10.0 Å². The lowest BCUT2D eigenvalue weighted by Gasteiger charge is -2.44. The van der Waals surface area contributed by atoms with Gasteiger partial charge in [-0.15, -0.1) is 0 Å². The van der Waals surface area contributed by atoms with Gasteiger partial charge >= 0.3 is 11.9 Å². The van der Waals surface area contributed by atoms with Crippen molar-refractivity contribution in [3.05, 3.63) is 122 Å². The summed E-state index contributed by atoms with van der Waals surface area (Å²) in [6, 6.07) is 14.5. The number of carbonyl (C=O) groups excluding carboxylic acids is 1. The van der Waals surface area contributed by atoms with E-state index in [2.05, 4.69) is 10.2 Å². The van der Waals surface area contributed by atoms with Crippen LogP contribution >= 0.6 is 23.2 Å². The predicted molar refractivity (Wildman–Crippen MR) is 186 cm³/mol. The molecule has 50 heavy (non-hydrogen) atoms. The third kappa shape index (κ3) is 7.45. The number of hydrogen-bond acceptors (Lipinski definition) is 8. The van der Waals surface area contributed by atoms with E-state index in [0.717, 1.165) is 25.9 Å². The molecule has 3 aromatic carbocycles. The molecular formula is C37H36Cl2FN3O7. The first-order chi connectivity index (χ1) is 24.1. The van der Waals surface area contributed by atoms with Crippen molar-refractivity contribution in [2.45, 2.75) is 37.3 Å². The van der Waals surface area contributed by atoms with Gasteiger partial charge in [0.25, 0.3) is 0 Å². The second kappa shape index (κ2) is 15.1. The Morgan fingerprint density at radius 1 is 1.00 bits per heavy atom. The van der Waals surface area contributed by atoms with Gasteiger partial charge in [0.05, 0.1) is 19.8 Å². The molecule has 13 heteroatoms. The van der Waals surface area contributed by atoms with Crippen LogP contribution in [0.3, 0.4) is 0 Å². The second-order valence-corrected chi connectivity index (χ2v) is 13.3. The molecule has 0 aliphatic carbocycles. The zero-order chi connectivity index (χ0) is 35.5. The minimum absolute atomic E-state index is 0.0327. The summed E-state index contributed by atoms with van der Waals surface area (Å²) in [7, 11) is 2.99. The molecule has 1 aromatic heterocycles. The Morgan fingerprint density at radius 3 is 2.32 bits per heavy atom. The largest absolute Gasteiger partial charge is 0.619 e. The van der Waals surface area contributed by atoms with Gasteiger partial charge in [-0.05, 0) is 85.8 Å². The van der Waals surface area contributed by atoms with Crippen LogP contribution in [0.25, 0.3) is 0 Å². The lowest BCUT2D eigenvalue weighted by Crippen LogP contribution is -2.52. The van der Waals surface area contributed by atoms with Crippen LogP contribution in [0, 0.1) is 16.9 Å². The van der Waals surface area contributed by atoms with E-state index in [9.17, 15) is 19.9 Å². The molecular weight excluding hydrogens is 688 g/mol. The minimum Gasteiger partial charge on any atom is -0.619 e. The highest BCUT2D eigenvalue weighted by Gasteiger charge is 2.38. The Labute approximate surface area is 298 Å². The highest BCUT2D eigenvalue weighted by Crippen LogP contribution is 2.40. The normalized spacial score (nSPS) is 19.3. The minimum atomic E-state index is -1.24. The molecule has 10 nitrogen and oxygen atoms in total. The number of halogens is 3. The smallest absolute Gasteiger partial charge is 0.335 e. The number of esters is 1. The zero-order valence-corrected chi connectivity index (χ0v) is 28.9. The molecule has 0 spiro atoms. The Morgan fingerprint density at radius 2 is 1.70 bits per heavy atom. The summed E-state index contributed by atoms with van der Waals surface area (Å²) in [6.07, 6.45) is 3.97. The molecule has 4 aromatic rings. The Hall–Kier alpha value is -4.58. The number of nitrogens with one attached hydrogen (secondary N) is 1. The number of benzene rings is 3. The predicted octanol–water partition coefficient (Wildman–Crippen LogP) is 6.65. The summed E-state index contributed by atoms with van der Waals surface area (Å²) < 4.78 is 32.8. The highest BCUT2D eigenvalue weighted by atomic mass is 35.5. The molecule has 7 rings (SSSR count). The van der Waals surface area contributed by atoms with Crippen molar-refractivity contribution in [2.24, 2.45) is 5.92 Å². The number of ether oxygens (including phenoxy) is 3. The number of hydrogen-bond donors (Lipinski definition) is 2. The maximum Gasteiger partial charge on any atom is 0.335 e. The number of nitrogens with zero attached hydrogens (tertiary/aromatic N) is 2. The average Bonchev–Trinajstić information content (AvgIpc) is 3.10. The number of pyridine rings is 1. The van der Waals surface area contributed by atoms with E-state index < -0.39 is 29.7 Å². The van der Waals surface area contributed by atoms with Crippen LogP contribution < -0.4 is 19.5 Å². The third-order valence-corrected chi connectivity index (χ3v) is 10.2. The number of aromatic nitrogens is 1. The average molecular weight is 725 g/mol. The Bertz CT molecular complexity index is 1880. The zero-order valence-electron chi connectivity index (χ0n) is 27.4. The molecule has 2 bridgehead atoms. The van der Waals surface area contributed by atoms with Crippen LogP contribution in [0.5, 0.6) is 11.5 Å². The van der Waals surface area contributed by atoms with Crippen LogP contribution in [0.4, 0.5) is 10.1 Å². The number of methoxy groups -OCH3 is 2. The fourth-order valence-corrected chi connectivity index (χ4v) is 7.54. The van der Waals surface area contributed by atoms with E-state index in [1.165, 1.54) is 56.9 Å². The molecule has 2 N–H and O–H groups in total. The second-order valence-electron chi connectivity index (χ2n) is 12.5.